The van der Waals surface area contributed by atoms with Crippen LogP contribution in [0.4, 0.5) is 17.1 Å². The predicted octanol–water partition coefficient (Wildman–Crippen LogP) is 0.708. The van der Waals surface area contributed by atoms with E-state index in [4.69, 9.17) is 0 Å². The van der Waals surface area contributed by atoms with Gasteiger partial charge in [-0.25, -0.2) is 0 Å². The summed E-state index contributed by atoms with van der Waals surface area (Å²) in [5.41, 5.74) is 0.809. The Kier molecular flexibility index (Phi) is 2.68. The summed E-state index contributed by atoms with van der Waals surface area (Å²) < 4.78 is 0. The molecule has 0 bridgehead atoms. The topological polar surface area (TPSA) is 104 Å². The van der Waals surface area contributed by atoms with Crippen LogP contribution in [0.1, 0.15) is 6.92 Å². The quantitative estimate of drug-likeness (QED) is 0.519. The standard InChI is InChI=1S/C10H11N3O4/c1-5(14)9-10(15)12-8-4-6(13(16)17)2-3-7(8)11-9/h2-5,9,11,14H,1H3,(H,12,15)/t5-,9+/m1/s1. The third-order valence-electron chi connectivity index (χ3n) is 2.55. The number of nitro groups is 1. The van der Waals surface area contributed by atoms with Crippen LogP contribution < -0.4 is 10.6 Å². The molecule has 3 N–H and O–H groups in total. The van der Waals surface area contributed by atoms with E-state index in [2.05, 4.69) is 10.6 Å². The van der Waals surface area contributed by atoms with Crippen LogP contribution in [0.2, 0.25) is 0 Å². The maximum Gasteiger partial charge on any atom is 0.271 e. The zero-order valence-electron chi connectivity index (χ0n) is 9.01. The summed E-state index contributed by atoms with van der Waals surface area (Å²) in [5, 5.41) is 25.3. The minimum Gasteiger partial charge on any atom is -0.391 e. The molecule has 0 fully saturated rings. The number of nitrogens with zero attached hydrogens (tertiary/aromatic N) is 1. The van der Waals surface area contributed by atoms with E-state index in [1.165, 1.54) is 25.1 Å². The van der Waals surface area contributed by atoms with Gasteiger partial charge in [0.1, 0.15) is 6.04 Å². The van der Waals surface area contributed by atoms with Crippen LogP contribution in [0.25, 0.3) is 0 Å². The lowest BCUT2D eigenvalue weighted by Gasteiger charge is -2.28. The zero-order chi connectivity index (χ0) is 12.6. The molecule has 1 aliphatic rings. The average molecular weight is 237 g/mol. The van der Waals surface area contributed by atoms with E-state index < -0.39 is 23.0 Å². The minimum absolute atomic E-state index is 0.0960. The average Bonchev–Trinajstić information content (AvgIpc) is 2.26. The summed E-state index contributed by atoms with van der Waals surface area (Å²) in [5.74, 6) is -0.409. The monoisotopic (exact) mass is 237 g/mol. The van der Waals surface area contributed by atoms with Crippen LogP contribution in [0.3, 0.4) is 0 Å². The van der Waals surface area contributed by atoms with Gasteiger partial charge in [0.2, 0.25) is 5.91 Å². The highest BCUT2D eigenvalue weighted by Crippen LogP contribution is 2.30. The molecule has 0 spiro atoms. The molecular weight excluding hydrogens is 226 g/mol. The summed E-state index contributed by atoms with van der Waals surface area (Å²) in [6.07, 6.45) is -0.849. The summed E-state index contributed by atoms with van der Waals surface area (Å²) in [7, 11) is 0. The van der Waals surface area contributed by atoms with E-state index in [1.807, 2.05) is 0 Å². The van der Waals surface area contributed by atoms with Gasteiger partial charge < -0.3 is 15.7 Å². The van der Waals surface area contributed by atoms with Crippen molar-refractivity contribution in [2.75, 3.05) is 10.6 Å². The van der Waals surface area contributed by atoms with Crippen molar-refractivity contribution < 1.29 is 14.8 Å². The van der Waals surface area contributed by atoms with Crippen molar-refractivity contribution in [2.24, 2.45) is 0 Å². The number of aliphatic hydroxyl groups is 1. The Labute approximate surface area is 96.6 Å². The first-order chi connectivity index (χ1) is 7.99. The van der Waals surface area contributed by atoms with E-state index in [1.54, 1.807) is 0 Å². The molecule has 1 aliphatic heterocycles. The number of non-ortho nitro benzene ring substituents is 1. The SMILES string of the molecule is C[C@@H](O)[C@@H]1Nc2ccc([N+](=O)[O-])cc2NC1=O. The Bertz CT molecular complexity index is 486. The van der Waals surface area contributed by atoms with Crippen LogP contribution in [-0.4, -0.2) is 28.1 Å². The lowest BCUT2D eigenvalue weighted by atomic mass is 10.1. The van der Waals surface area contributed by atoms with Crippen molar-refractivity contribution in [3.63, 3.8) is 0 Å². The number of benzene rings is 1. The van der Waals surface area contributed by atoms with Crippen molar-refractivity contribution in [1.29, 1.82) is 0 Å². The van der Waals surface area contributed by atoms with E-state index in [9.17, 15) is 20.0 Å². The predicted molar refractivity (Wildman–Crippen MR) is 60.8 cm³/mol. The first kappa shape index (κ1) is 11.3. The number of amides is 1. The molecule has 7 nitrogen and oxygen atoms in total. The van der Waals surface area contributed by atoms with Crippen molar-refractivity contribution >= 4 is 23.0 Å². The highest BCUT2D eigenvalue weighted by molar-refractivity contribution is 6.03. The molecule has 1 heterocycles. The maximum atomic E-state index is 11.6. The number of fused-ring (bicyclic) bond motifs is 1. The molecule has 2 rings (SSSR count). The van der Waals surface area contributed by atoms with Gasteiger partial charge in [-0.3, -0.25) is 14.9 Å². The second-order valence-electron chi connectivity index (χ2n) is 3.84. The molecule has 2 atom stereocenters. The molecule has 1 aromatic rings. The lowest BCUT2D eigenvalue weighted by Crippen LogP contribution is -2.45. The van der Waals surface area contributed by atoms with Crippen molar-refractivity contribution in [2.45, 2.75) is 19.1 Å². The molecular formula is C10H11N3O4. The number of hydrogen-bond donors (Lipinski definition) is 3. The Balaban J connectivity index is 2.35. The number of anilines is 2. The van der Waals surface area contributed by atoms with Crippen LogP contribution in [0.15, 0.2) is 18.2 Å². The zero-order valence-corrected chi connectivity index (χ0v) is 9.01. The Morgan fingerprint density at radius 1 is 1.47 bits per heavy atom. The second-order valence-corrected chi connectivity index (χ2v) is 3.84. The summed E-state index contributed by atoms with van der Waals surface area (Å²) >= 11 is 0. The lowest BCUT2D eigenvalue weighted by molar-refractivity contribution is -0.384. The fourth-order valence-corrected chi connectivity index (χ4v) is 1.66. The normalized spacial score (nSPS) is 19.9. The number of carbonyl (C=O) groups excluding carboxylic acids is 1. The third-order valence-corrected chi connectivity index (χ3v) is 2.55. The first-order valence-corrected chi connectivity index (χ1v) is 5.03. The summed E-state index contributed by atoms with van der Waals surface area (Å²) in [4.78, 5) is 21.6. The number of hydrogen-bond acceptors (Lipinski definition) is 5. The molecule has 0 radical (unpaired) electrons. The van der Waals surface area contributed by atoms with Crippen LogP contribution in [-0.2, 0) is 4.79 Å². The smallest absolute Gasteiger partial charge is 0.271 e. The van der Waals surface area contributed by atoms with Gasteiger partial charge in [0, 0.05) is 12.1 Å². The molecule has 7 heteroatoms. The molecule has 1 aromatic carbocycles. The Morgan fingerprint density at radius 3 is 2.76 bits per heavy atom. The van der Waals surface area contributed by atoms with Gasteiger partial charge in [-0.15, -0.1) is 0 Å². The molecule has 1 amide bonds. The van der Waals surface area contributed by atoms with Gasteiger partial charge in [-0.1, -0.05) is 0 Å². The summed E-state index contributed by atoms with van der Waals surface area (Å²) in [6, 6.07) is 3.37. The minimum atomic E-state index is -0.849. The number of nitrogens with one attached hydrogen (secondary N) is 2. The molecule has 17 heavy (non-hydrogen) atoms. The van der Waals surface area contributed by atoms with Crippen LogP contribution in [0.5, 0.6) is 0 Å². The fourth-order valence-electron chi connectivity index (χ4n) is 1.66. The van der Waals surface area contributed by atoms with Crippen molar-refractivity contribution in [3.8, 4) is 0 Å². The number of nitro benzene ring substituents is 1. The van der Waals surface area contributed by atoms with Gasteiger partial charge in [0.15, 0.2) is 0 Å². The highest BCUT2D eigenvalue weighted by atomic mass is 16.6. The number of carbonyl (C=O) groups is 1. The largest absolute Gasteiger partial charge is 0.391 e. The molecule has 0 unspecified atom stereocenters. The second kappa shape index (κ2) is 4.02. The highest BCUT2D eigenvalue weighted by Gasteiger charge is 2.29. The van der Waals surface area contributed by atoms with Gasteiger partial charge >= 0.3 is 0 Å². The number of rotatable bonds is 2. The van der Waals surface area contributed by atoms with E-state index in [0.29, 0.717) is 11.4 Å². The molecule has 90 valence electrons. The van der Waals surface area contributed by atoms with Gasteiger partial charge in [0.25, 0.3) is 5.69 Å². The van der Waals surface area contributed by atoms with Crippen molar-refractivity contribution in [1.82, 2.24) is 0 Å². The Hall–Kier alpha value is -2.15. The maximum absolute atomic E-state index is 11.6. The van der Waals surface area contributed by atoms with E-state index in [0.717, 1.165) is 0 Å². The molecule has 0 aromatic heterocycles. The molecule has 0 aliphatic carbocycles. The first-order valence-electron chi connectivity index (χ1n) is 5.03. The van der Waals surface area contributed by atoms with Crippen LogP contribution in [0, 0.1) is 10.1 Å². The van der Waals surface area contributed by atoms with E-state index in [-0.39, 0.29) is 5.69 Å². The third kappa shape index (κ3) is 2.04. The van der Waals surface area contributed by atoms with Gasteiger partial charge in [0.05, 0.1) is 22.4 Å². The van der Waals surface area contributed by atoms with E-state index >= 15 is 0 Å². The molecule has 0 saturated carbocycles. The van der Waals surface area contributed by atoms with Crippen LogP contribution >= 0.6 is 0 Å². The molecule has 0 saturated heterocycles. The van der Waals surface area contributed by atoms with Gasteiger partial charge in [-0.05, 0) is 13.0 Å². The van der Waals surface area contributed by atoms with Gasteiger partial charge in [-0.2, -0.15) is 0 Å². The Morgan fingerprint density at radius 2 is 2.18 bits per heavy atom. The summed E-state index contributed by atoms with van der Waals surface area (Å²) in [6.45, 7) is 1.49. The fraction of sp³-hybridized carbons (Fsp3) is 0.300. The van der Waals surface area contributed by atoms with Crippen molar-refractivity contribution in [3.05, 3.63) is 28.3 Å². The number of aliphatic hydroxyl groups excluding tert-OH is 1.